The molecule has 0 aromatic heterocycles. The minimum atomic E-state index is -0.736. The van der Waals surface area contributed by atoms with Crippen LogP contribution in [0.1, 0.15) is 21.5 Å². The third kappa shape index (κ3) is 5.10. The molecule has 0 N–H and O–H groups in total. The summed E-state index contributed by atoms with van der Waals surface area (Å²) in [7, 11) is 1.41. The summed E-state index contributed by atoms with van der Waals surface area (Å²) >= 11 is 0.865. The Balaban J connectivity index is 1.35. The Kier molecular flexibility index (Phi) is 6.74. The molecule has 0 bridgehead atoms. The number of fused-ring (bicyclic) bond motifs is 1. The van der Waals surface area contributed by atoms with Crippen molar-refractivity contribution in [1.29, 1.82) is 0 Å². The lowest BCUT2D eigenvalue weighted by molar-refractivity contribution is -0.123. The summed E-state index contributed by atoms with van der Waals surface area (Å²) in [4.78, 5) is 39.7. The zero-order valence-electron chi connectivity index (χ0n) is 19.6. The number of rotatable bonds is 6. The van der Waals surface area contributed by atoms with Gasteiger partial charge in [-0.15, -0.1) is 0 Å². The molecule has 6 nitrogen and oxygen atoms in total. The number of esters is 1. The Labute approximate surface area is 216 Å². The first-order valence-corrected chi connectivity index (χ1v) is 12.1. The minimum Gasteiger partial charge on any atom is -0.493 e. The van der Waals surface area contributed by atoms with Crippen LogP contribution in [0.25, 0.3) is 16.8 Å². The molecule has 0 atom stereocenters. The average molecular weight is 514 g/mol. The molecule has 4 aromatic rings. The second-order valence-corrected chi connectivity index (χ2v) is 9.21. The van der Waals surface area contributed by atoms with Crippen molar-refractivity contribution in [2.45, 2.75) is 6.54 Å². The monoisotopic (exact) mass is 513 g/mol. The highest BCUT2D eigenvalue weighted by atomic mass is 32.2. The molecule has 1 aliphatic rings. The van der Waals surface area contributed by atoms with Crippen LogP contribution in [-0.4, -0.2) is 29.1 Å². The van der Waals surface area contributed by atoms with Gasteiger partial charge in [-0.05, 0) is 70.1 Å². The predicted octanol–water partition coefficient (Wildman–Crippen LogP) is 6.44. The number of amides is 2. The van der Waals surface area contributed by atoms with E-state index in [1.54, 1.807) is 18.2 Å². The number of hydrogen-bond donors (Lipinski definition) is 0. The second-order valence-electron chi connectivity index (χ2n) is 8.22. The number of carbonyl (C=O) groups excluding carboxylic acids is 3. The zero-order chi connectivity index (χ0) is 25.9. The molecule has 4 aromatic carbocycles. The molecule has 2 amide bonds. The van der Waals surface area contributed by atoms with E-state index >= 15 is 0 Å². The smallest absolute Gasteiger partial charge is 0.343 e. The molecule has 184 valence electrons. The van der Waals surface area contributed by atoms with Gasteiger partial charge in [0.1, 0.15) is 5.82 Å². The van der Waals surface area contributed by atoms with Crippen molar-refractivity contribution in [1.82, 2.24) is 4.90 Å². The van der Waals surface area contributed by atoms with Crippen LogP contribution in [0.3, 0.4) is 0 Å². The highest BCUT2D eigenvalue weighted by molar-refractivity contribution is 8.18. The highest BCUT2D eigenvalue weighted by Crippen LogP contribution is 2.36. The molecule has 5 rings (SSSR count). The second kappa shape index (κ2) is 10.3. The molecule has 37 heavy (non-hydrogen) atoms. The van der Waals surface area contributed by atoms with Crippen molar-refractivity contribution in [2.75, 3.05) is 7.11 Å². The number of nitrogens with zero attached hydrogens (tertiary/aromatic N) is 1. The van der Waals surface area contributed by atoms with E-state index in [0.29, 0.717) is 5.56 Å². The Bertz CT molecular complexity index is 1580. The number of benzene rings is 4. The third-order valence-corrected chi connectivity index (χ3v) is 6.74. The van der Waals surface area contributed by atoms with Crippen molar-refractivity contribution < 1.29 is 28.2 Å². The maximum Gasteiger partial charge on any atom is 0.343 e. The predicted molar refractivity (Wildman–Crippen MR) is 140 cm³/mol. The van der Waals surface area contributed by atoms with Gasteiger partial charge in [-0.3, -0.25) is 14.5 Å². The van der Waals surface area contributed by atoms with Crippen molar-refractivity contribution >= 4 is 45.7 Å². The summed E-state index contributed by atoms with van der Waals surface area (Å²) in [6.45, 7) is 0.168. The fraction of sp³-hybridized carbons (Fsp3) is 0.0690. The number of halogens is 1. The molecule has 1 aliphatic heterocycles. The third-order valence-electron chi connectivity index (χ3n) is 5.83. The van der Waals surface area contributed by atoms with Crippen LogP contribution >= 0.6 is 11.8 Å². The number of carbonyl (C=O) groups is 3. The standard InChI is InChI=1S/C29H20FNO5S/c1-35-25-14-18(12-13-24(25)36-28(33)20-8-5-10-22(30)16-20)15-26-27(32)31(29(34)37-26)17-21-9-4-7-19-6-2-3-11-23(19)21/h2-16H,17H2,1H3/b26-15-. The molecule has 0 saturated carbocycles. The van der Waals surface area contributed by atoms with Crippen molar-refractivity contribution in [3.8, 4) is 11.5 Å². The van der Waals surface area contributed by atoms with Crippen LogP contribution in [0, 0.1) is 5.82 Å². The maximum absolute atomic E-state index is 13.4. The number of imide groups is 1. The van der Waals surface area contributed by atoms with Crippen molar-refractivity contribution in [3.63, 3.8) is 0 Å². The first-order chi connectivity index (χ1) is 17.9. The van der Waals surface area contributed by atoms with E-state index in [-0.39, 0.29) is 39.7 Å². The molecule has 8 heteroatoms. The van der Waals surface area contributed by atoms with E-state index in [0.717, 1.165) is 34.2 Å². The quantitative estimate of drug-likeness (QED) is 0.168. The first kappa shape index (κ1) is 24.3. The summed E-state index contributed by atoms with van der Waals surface area (Å²) < 4.78 is 24.2. The molecular weight excluding hydrogens is 493 g/mol. The van der Waals surface area contributed by atoms with Crippen LogP contribution in [0.4, 0.5) is 9.18 Å². The Morgan fingerprint density at radius 1 is 0.946 bits per heavy atom. The van der Waals surface area contributed by atoms with Gasteiger partial charge in [-0.1, -0.05) is 54.6 Å². The summed E-state index contributed by atoms with van der Waals surface area (Å²) in [5.41, 5.74) is 1.52. The SMILES string of the molecule is COc1cc(/C=C2\SC(=O)N(Cc3cccc4ccccc34)C2=O)ccc1OC(=O)c1cccc(F)c1. The van der Waals surface area contributed by atoms with E-state index in [9.17, 15) is 18.8 Å². The van der Waals surface area contributed by atoms with Gasteiger partial charge in [0.05, 0.1) is 24.1 Å². The van der Waals surface area contributed by atoms with Gasteiger partial charge in [0.25, 0.3) is 11.1 Å². The summed E-state index contributed by atoms with van der Waals surface area (Å²) in [6, 6.07) is 23.5. The topological polar surface area (TPSA) is 72.9 Å². The van der Waals surface area contributed by atoms with Crippen LogP contribution < -0.4 is 9.47 Å². The molecule has 0 aliphatic carbocycles. The lowest BCUT2D eigenvalue weighted by Gasteiger charge is -2.14. The Morgan fingerprint density at radius 2 is 1.73 bits per heavy atom. The fourth-order valence-electron chi connectivity index (χ4n) is 4.02. The van der Waals surface area contributed by atoms with E-state index in [1.807, 2.05) is 42.5 Å². The number of hydrogen-bond acceptors (Lipinski definition) is 6. The van der Waals surface area contributed by atoms with Gasteiger partial charge in [0.15, 0.2) is 11.5 Å². The van der Waals surface area contributed by atoms with Gasteiger partial charge in [-0.25, -0.2) is 9.18 Å². The molecule has 0 spiro atoms. The average Bonchev–Trinajstić information content (AvgIpc) is 3.16. The zero-order valence-corrected chi connectivity index (χ0v) is 20.5. The largest absolute Gasteiger partial charge is 0.493 e. The number of thioether (sulfide) groups is 1. The van der Waals surface area contributed by atoms with Gasteiger partial charge < -0.3 is 9.47 Å². The fourth-order valence-corrected chi connectivity index (χ4v) is 4.86. The number of ether oxygens (including phenoxy) is 2. The van der Waals surface area contributed by atoms with Crippen LogP contribution in [0.2, 0.25) is 0 Å². The van der Waals surface area contributed by atoms with E-state index < -0.39 is 11.8 Å². The van der Waals surface area contributed by atoms with E-state index in [1.165, 1.54) is 36.3 Å². The summed E-state index contributed by atoms with van der Waals surface area (Å²) in [5.74, 6) is -1.29. The molecule has 1 fully saturated rings. The van der Waals surface area contributed by atoms with Crippen LogP contribution in [0.15, 0.2) is 89.8 Å². The van der Waals surface area contributed by atoms with Crippen molar-refractivity contribution in [3.05, 3.63) is 112 Å². The van der Waals surface area contributed by atoms with Crippen LogP contribution in [-0.2, 0) is 11.3 Å². The lowest BCUT2D eigenvalue weighted by atomic mass is 10.0. The van der Waals surface area contributed by atoms with Crippen LogP contribution in [0.5, 0.6) is 11.5 Å². The molecule has 1 saturated heterocycles. The Hall–Kier alpha value is -4.43. The van der Waals surface area contributed by atoms with Crippen molar-refractivity contribution in [2.24, 2.45) is 0 Å². The first-order valence-electron chi connectivity index (χ1n) is 11.3. The van der Waals surface area contributed by atoms with Gasteiger partial charge in [0.2, 0.25) is 0 Å². The summed E-state index contributed by atoms with van der Waals surface area (Å²) in [5, 5.41) is 1.67. The molecule has 0 radical (unpaired) electrons. The lowest BCUT2D eigenvalue weighted by Crippen LogP contribution is -2.27. The van der Waals surface area contributed by atoms with E-state index in [2.05, 4.69) is 0 Å². The normalized spacial score (nSPS) is 14.4. The summed E-state index contributed by atoms with van der Waals surface area (Å²) in [6.07, 6.45) is 1.59. The molecule has 0 unspecified atom stereocenters. The van der Waals surface area contributed by atoms with E-state index in [4.69, 9.17) is 9.47 Å². The van der Waals surface area contributed by atoms with Gasteiger partial charge in [0, 0.05) is 0 Å². The maximum atomic E-state index is 13.4. The van der Waals surface area contributed by atoms with Gasteiger partial charge >= 0.3 is 5.97 Å². The Morgan fingerprint density at radius 3 is 2.54 bits per heavy atom. The number of methoxy groups -OCH3 is 1. The minimum absolute atomic E-state index is 0.0611. The highest BCUT2D eigenvalue weighted by Gasteiger charge is 2.35. The molecule has 1 heterocycles. The molecular formula is C29H20FNO5S. The van der Waals surface area contributed by atoms with Gasteiger partial charge in [-0.2, -0.15) is 0 Å².